The van der Waals surface area contributed by atoms with Crippen molar-refractivity contribution in [2.45, 2.75) is 64.2 Å². The predicted molar refractivity (Wildman–Crippen MR) is 193 cm³/mol. The van der Waals surface area contributed by atoms with Crippen LogP contribution in [0.15, 0.2) is 120 Å². The molecular weight excluding hydrogens is 599 g/mol. The van der Waals surface area contributed by atoms with E-state index in [0.717, 1.165) is 0 Å². The van der Waals surface area contributed by atoms with Gasteiger partial charge in [-0.1, -0.05) is 115 Å². The lowest BCUT2D eigenvalue weighted by Crippen LogP contribution is -2.35. The molecule has 8 heteroatoms. The van der Waals surface area contributed by atoms with Crippen molar-refractivity contribution < 1.29 is 8.95 Å². The van der Waals surface area contributed by atoms with Gasteiger partial charge in [0.25, 0.3) is 0 Å². The highest BCUT2D eigenvalue weighted by molar-refractivity contribution is 7.80. The van der Waals surface area contributed by atoms with E-state index in [-0.39, 0.29) is 18.0 Å². The third-order valence-electron chi connectivity index (χ3n) is 7.56. The summed E-state index contributed by atoms with van der Waals surface area (Å²) >= 11 is 0. The Bertz CT molecular complexity index is 1520. The monoisotopic (exact) mass is 644 g/mol. The highest BCUT2D eigenvalue weighted by Gasteiger charge is 2.52. The van der Waals surface area contributed by atoms with Gasteiger partial charge in [0.1, 0.15) is 11.9 Å². The van der Waals surface area contributed by atoms with Crippen LogP contribution in [0.1, 0.15) is 30.0 Å². The Morgan fingerprint density at radius 1 is 0.744 bits per heavy atom. The van der Waals surface area contributed by atoms with Crippen LogP contribution in [0.25, 0.3) is 0 Å². The molecule has 1 fully saturated rings. The molecule has 0 N–H and O–H groups in total. The van der Waals surface area contributed by atoms with E-state index >= 15 is 0 Å². The van der Waals surface area contributed by atoms with E-state index in [2.05, 4.69) is 173 Å². The number of likely N-dealkylation sites (N-methyl/N-ethyl adjacent to an activating group) is 1. The highest BCUT2D eigenvalue weighted by atomic mass is 31.2. The van der Waals surface area contributed by atoms with Crippen LogP contribution < -0.4 is 15.9 Å². The molecule has 0 aromatic heterocycles. The third kappa shape index (κ3) is 7.23. The maximum Gasteiger partial charge on any atom is 0.185 e. The average molecular weight is 645 g/mol. The molecule has 43 heavy (non-hydrogen) atoms. The molecule has 226 valence electrons. The van der Waals surface area contributed by atoms with E-state index in [4.69, 9.17) is 13.4 Å². The quantitative estimate of drug-likeness (QED) is 0.135. The van der Waals surface area contributed by atoms with Crippen LogP contribution in [0, 0.1) is 0 Å². The number of nitrogens with zero attached hydrogens (tertiary/aromatic N) is 2. The molecule has 0 bridgehead atoms. The summed E-state index contributed by atoms with van der Waals surface area (Å²) in [5.74, 6) is -0.291. The predicted octanol–water partition coefficient (Wildman–Crippen LogP) is 9.25. The summed E-state index contributed by atoms with van der Waals surface area (Å²) in [5, 5.41) is 3.97. The fourth-order valence-electron chi connectivity index (χ4n) is 5.70. The van der Waals surface area contributed by atoms with Gasteiger partial charge in [-0.25, -0.2) is 4.67 Å². The standard InChI is InChI=1S/C35H46N2O2P2Si2/c1-28-34(29-20-12-9-13-21-29)38-41(37(28)2,36-42(3,4)5)35(39-43(6,7)8)32-26-18-19-27-33(32)40(30-22-14-10-15-23-30)31-24-16-11-17-25-31/h9-28,34-35H,1-8H3/t28-,34-,35+,41?/m0/s1. The van der Waals surface area contributed by atoms with E-state index in [9.17, 15) is 0 Å². The van der Waals surface area contributed by atoms with E-state index < -0.39 is 31.9 Å². The Labute approximate surface area is 262 Å². The largest absolute Gasteiger partial charge is 0.402 e. The van der Waals surface area contributed by atoms with Gasteiger partial charge in [-0.2, -0.15) is 0 Å². The zero-order chi connectivity index (χ0) is 30.8. The molecule has 0 aliphatic carbocycles. The van der Waals surface area contributed by atoms with Gasteiger partial charge in [0, 0.05) is 6.04 Å². The van der Waals surface area contributed by atoms with Crippen molar-refractivity contribution in [2.24, 2.45) is 4.41 Å². The lowest BCUT2D eigenvalue weighted by atomic mass is 10.0. The number of hydrogen-bond acceptors (Lipinski definition) is 3. The fraction of sp³-hybridized carbons (Fsp3) is 0.314. The molecule has 0 radical (unpaired) electrons. The Hall–Kier alpha value is -2.15. The zero-order valence-electron chi connectivity index (χ0n) is 26.8. The van der Waals surface area contributed by atoms with Crippen LogP contribution in [-0.2, 0) is 8.95 Å². The van der Waals surface area contributed by atoms with Crippen LogP contribution in [0.4, 0.5) is 0 Å². The van der Waals surface area contributed by atoms with Gasteiger partial charge in [0.05, 0.1) is 0 Å². The SMILES string of the molecule is C[C@H]1[C@@H](c2ccccc2)OP(=N[Si](C)(C)C)([C@@H](O[Si](C)(C)C)c2ccccc2P(c2ccccc2)c2ccccc2)N1C. The molecule has 4 aromatic carbocycles. The Balaban J connectivity index is 1.78. The van der Waals surface area contributed by atoms with Gasteiger partial charge < -0.3 is 13.4 Å². The van der Waals surface area contributed by atoms with Gasteiger partial charge in [-0.3, -0.25) is 0 Å². The Morgan fingerprint density at radius 2 is 1.23 bits per heavy atom. The summed E-state index contributed by atoms with van der Waals surface area (Å²) in [5.41, 5.74) is 2.41. The molecule has 1 unspecified atom stereocenters. The third-order valence-corrected chi connectivity index (χ3v) is 17.6. The minimum absolute atomic E-state index is 0.0794. The molecular formula is C35H46N2O2P2Si2. The van der Waals surface area contributed by atoms with Crippen molar-refractivity contribution in [1.82, 2.24) is 4.67 Å². The Kier molecular flexibility index (Phi) is 9.80. The van der Waals surface area contributed by atoms with E-state index in [0.29, 0.717) is 0 Å². The second kappa shape index (κ2) is 13.1. The molecule has 5 rings (SSSR count). The van der Waals surface area contributed by atoms with Gasteiger partial charge in [0.2, 0.25) is 0 Å². The lowest BCUT2D eigenvalue weighted by Gasteiger charge is -2.40. The smallest absolute Gasteiger partial charge is 0.185 e. The zero-order valence-corrected chi connectivity index (χ0v) is 30.6. The van der Waals surface area contributed by atoms with Crippen molar-refractivity contribution in [2.75, 3.05) is 7.05 Å². The van der Waals surface area contributed by atoms with Crippen LogP contribution in [0.2, 0.25) is 39.3 Å². The molecule has 0 spiro atoms. The first-order chi connectivity index (χ1) is 20.4. The number of hydrogen-bond donors (Lipinski definition) is 0. The van der Waals surface area contributed by atoms with Crippen LogP contribution in [-0.4, -0.2) is 34.3 Å². The van der Waals surface area contributed by atoms with Crippen LogP contribution >= 0.6 is 15.4 Å². The van der Waals surface area contributed by atoms with E-state index in [1.165, 1.54) is 27.0 Å². The van der Waals surface area contributed by atoms with Crippen molar-refractivity contribution in [3.63, 3.8) is 0 Å². The summed E-state index contributed by atoms with van der Waals surface area (Å²) < 4.78 is 23.1. The van der Waals surface area contributed by atoms with E-state index in [1.54, 1.807) is 0 Å². The molecule has 4 aromatic rings. The molecule has 1 aliphatic rings. The van der Waals surface area contributed by atoms with Gasteiger partial charge in [0.15, 0.2) is 24.0 Å². The molecule has 0 amide bonds. The summed E-state index contributed by atoms with van der Waals surface area (Å²) in [4.78, 5) is 0. The van der Waals surface area contributed by atoms with Crippen molar-refractivity contribution >= 4 is 47.8 Å². The molecule has 0 saturated carbocycles. The van der Waals surface area contributed by atoms with Gasteiger partial charge >= 0.3 is 0 Å². The first kappa shape index (κ1) is 32.3. The summed E-state index contributed by atoms with van der Waals surface area (Å²) in [6, 6.07) is 41.7. The fourth-order valence-corrected chi connectivity index (χ4v) is 17.6. The Morgan fingerprint density at radius 3 is 1.74 bits per heavy atom. The average Bonchev–Trinajstić information content (AvgIpc) is 3.22. The molecule has 1 saturated heterocycles. The van der Waals surface area contributed by atoms with E-state index in [1.807, 2.05) is 0 Å². The maximum absolute atomic E-state index is 7.45. The van der Waals surface area contributed by atoms with Gasteiger partial charge in [-0.05, 0) is 88.2 Å². The highest BCUT2D eigenvalue weighted by Crippen LogP contribution is 2.74. The first-order valence-corrected chi connectivity index (χ1v) is 25.0. The molecule has 4 nitrogen and oxygen atoms in total. The topological polar surface area (TPSA) is 34.1 Å². The maximum atomic E-state index is 7.45. The van der Waals surface area contributed by atoms with Crippen molar-refractivity contribution in [3.05, 3.63) is 126 Å². The summed E-state index contributed by atoms with van der Waals surface area (Å²) in [7, 11) is -5.36. The normalized spacial score (nSPS) is 22.1. The molecule has 4 atom stereocenters. The minimum atomic E-state index is -2.67. The molecule has 1 aliphatic heterocycles. The number of benzene rings is 4. The summed E-state index contributed by atoms with van der Waals surface area (Å²) in [6.07, 6.45) is -0.0794. The van der Waals surface area contributed by atoms with Crippen molar-refractivity contribution in [1.29, 1.82) is 0 Å². The van der Waals surface area contributed by atoms with Crippen LogP contribution in [0.3, 0.4) is 0 Å². The van der Waals surface area contributed by atoms with Crippen molar-refractivity contribution in [3.8, 4) is 0 Å². The summed E-state index contributed by atoms with van der Waals surface area (Å²) in [6.45, 7) is 16.1. The van der Waals surface area contributed by atoms with Crippen LogP contribution in [0.5, 0.6) is 0 Å². The first-order valence-electron chi connectivity index (χ1n) is 15.2. The number of rotatable bonds is 9. The minimum Gasteiger partial charge on any atom is -0.402 e. The lowest BCUT2D eigenvalue weighted by molar-refractivity contribution is 0.201. The molecule has 1 heterocycles. The second-order valence-corrected chi connectivity index (χ2v) is 27.5. The van der Waals surface area contributed by atoms with Gasteiger partial charge in [-0.15, -0.1) is 0 Å². The second-order valence-electron chi connectivity index (χ2n) is 13.3.